The summed E-state index contributed by atoms with van der Waals surface area (Å²) in [6.45, 7) is 1.44. The van der Waals surface area contributed by atoms with Crippen molar-refractivity contribution in [3.05, 3.63) is 64.5 Å². The molecule has 1 N–H and O–H groups in total. The zero-order valence-corrected chi connectivity index (χ0v) is 18.0. The molecule has 2 amide bonds. The van der Waals surface area contributed by atoms with E-state index < -0.39 is 0 Å². The minimum Gasteiger partial charge on any atom is -0.335 e. The number of carbonyl (C=O) groups excluding carboxylic acids is 1. The summed E-state index contributed by atoms with van der Waals surface area (Å²) in [6, 6.07) is 10.1. The molecule has 0 bridgehead atoms. The van der Waals surface area contributed by atoms with Gasteiger partial charge in [-0.05, 0) is 55.5 Å². The molecule has 2 fully saturated rings. The molecule has 1 saturated carbocycles. The summed E-state index contributed by atoms with van der Waals surface area (Å²) in [5, 5.41) is 3.16. The molecule has 168 valence electrons. The molecule has 1 saturated heterocycles. The van der Waals surface area contributed by atoms with Crippen molar-refractivity contribution in [2.75, 3.05) is 13.1 Å². The minimum absolute atomic E-state index is 0.0360. The van der Waals surface area contributed by atoms with E-state index in [0.717, 1.165) is 31.2 Å². The van der Waals surface area contributed by atoms with Crippen LogP contribution in [0.15, 0.2) is 47.4 Å². The summed E-state index contributed by atoms with van der Waals surface area (Å²) in [4.78, 5) is 32.7. The van der Waals surface area contributed by atoms with Crippen molar-refractivity contribution in [1.82, 2.24) is 24.3 Å². The van der Waals surface area contributed by atoms with E-state index in [-0.39, 0.29) is 36.2 Å². The molecule has 1 aliphatic heterocycles. The van der Waals surface area contributed by atoms with Crippen LogP contribution in [0.1, 0.15) is 50.1 Å². The number of likely N-dealkylation sites (tertiary alicyclic amines) is 1. The summed E-state index contributed by atoms with van der Waals surface area (Å²) < 4.78 is 17.1. The number of piperidine rings is 1. The number of fused-ring (bicyclic) bond motifs is 1. The van der Waals surface area contributed by atoms with E-state index in [1.165, 1.54) is 25.0 Å². The van der Waals surface area contributed by atoms with Gasteiger partial charge in [-0.2, -0.15) is 0 Å². The lowest BCUT2D eigenvalue weighted by molar-refractivity contribution is 0.163. The predicted octanol–water partition coefficient (Wildman–Crippen LogP) is 3.67. The fraction of sp³-hybridized carbons (Fsp3) is 0.458. The van der Waals surface area contributed by atoms with Crippen molar-refractivity contribution >= 4 is 17.2 Å². The third kappa shape index (κ3) is 4.01. The van der Waals surface area contributed by atoms with Crippen LogP contribution >= 0.6 is 0 Å². The number of rotatable bonds is 4. The molecule has 1 aromatic carbocycles. The summed E-state index contributed by atoms with van der Waals surface area (Å²) in [5.41, 5.74) is 1.87. The van der Waals surface area contributed by atoms with Crippen molar-refractivity contribution in [1.29, 1.82) is 0 Å². The van der Waals surface area contributed by atoms with E-state index in [9.17, 15) is 14.0 Å². The standard InChI is InChI=1S/C24H28FN5O2/c25-18-7-3-6-17(14-18)15-29-21-11-4-12-26-22(21)30(24(29)32)20-10-5-13-28(16-20)23(31)27-19-8-1-2-9-19/h3-4,6-7,11-12,14,19-20H,1-2,5,8-10,13,15-16H2,(H,27,31)/t20-/m0/s1. The van der Waals surface area contributed by atoms with E-state index >= 15 is 0 Å². The van der Waals surface area contributed by atoms with Crippen molar-refractivity contribution < 1.29 is 9.18 Å². The molecule has 32 heavy (non-hydrogen) atoms. The van der Waals surface area contributed by atoms with Gasteiger partial charge in [-0.25, -0.2) is 19.0 Å². The van der Waals surface area contributed by atoms with Crippen LogP contribution in [0, 0.1) is 5.82 Å². The molecule has 2 aromatic heterocycles. The van der Waals surface area contributed by atoms with Gasteiger partial charge < -0.3 is 10.2 Å². The average Bonchev–Trinajstić information content (AvgIpc) is 3.40. The van der Waals surface area contributed by atoms with Gasteiger partial charge in [0.05, 0.1) is 18.1 Å². The Balaban J connectivity index is 1.44. The number of carbonyl (C=O) groups is 1. The number of pyridine rings is 1. The Kier molecular flexibility index (Phi) is 5.68. The highest BCUT2D eigenvalue weighted by Gasteiger charge is 2.30. The lowest BCUT2D eigenvalue weighted by atomic mass is 10.1. The van der Waals surface area contributed by atoms with Crippen LogP contribution < -0.4 is 11.0 Å². The lowest BCUT2D eigenvalue weighted by Gasteiger charge is -2.34. The van der Waals surface area contributed by atoms with Crippen LogP contribution in [-0.4, -0.2) is 44.2 Å². The van der Waals surface area contributed by atoms with Gasteiger partial charge in [0.15, 0.2) is 5.65 Å². The maximum atomic E-state index is 13.7. The maximum absolute atomic E-state index is 13.7. The van der Waals surface area contributed by atoms with Gasteiger partial charge in [0, 0.05) is 25.3 Å². The molecular formula is C24H28FN5O2. The van der Waals surface area contributed by atoms with Crippen molar-refractivity contribution in [2.45, 2.75) is 57.2 Å². The van der Waals surface area contributed by atoms with Crippen LogP contribution in [0.5, 0.6) is 0 Å². The lowest BCUT2D eigenvalue weighted by Crippen LogP contribution is -2.49. The number of nitrogens with one attached hydrogen (secondary N) is 1. The Morgan fingerprint density at radius 1 is 1.12 bits per heavy atom. The van der Waals surface area contributed by atoms with Crippen molar-refractivity contribution in [3.63, 3.8) is 0 Å². The zero-order chi connectivity index (χ0) is 22.1. The number of nitrogens with zero attached hydrogens (tertiary/aromatic N) is 4. The van der Waals surface area contributed by atoms with E-state index in [0.29, 0.717) is 24.3 Å². The van der Waals surface area contributed by atoms with Gasteiger partial charge >= 0.3 is 11.7 Å². The second kappa shape index (κ2) is 8.76. The van der Waals surface area contributed by atoms with Crippen LogP contribution in [-0.2, 0) is 6.54 Å². The average molecular weight is 438 g/mol. The maximum Gasteiger partial charge on any atom is 0.330 e. The molecular weight excluding hydrogens is 409 g/mol. The van der Waals surface area contributed by atoms with Crippen LogP contribution in [0.4, 0.5) is 9.18 Å². The summed E-state index contributed by atoms with van der Waals surface area (Å²) in [6.07, 6.45) is 7.73. The Bertz CT molecular complexity index is 1180. The van der Waals surface area contributed by atoms with E-state index in [1.54, 1.807) is 27.5 Å². The van der Waals surface area contributed by atoms with Gasteiger partial charge in [-0.15, -0.1) is 0 Å². The van der Waals surface area contributed by atoms with Crippen molar-refractivity contribution in [2.24, 2.45) is 0 Å². The third-order valence-electron chi connectivity index (χ3n) is 6.68. The molecule has 0 radical (unpaired) electrons. The molecule has 3 heterocycles. The number of benzene rings is 1. The Morgan fingerprint density at radius 3 is 2.78 bits per heavy atom. The fourth-order valence-electron chi connectivity index (χ4n) is 5.09. The smallest absolute Gasteiger partial charge is 0.330 e. The fourth-order valence-corrected chi connectivity index (χ4v) is 5.09. The summed E-state index contributed by atoms with van der Waals surface area (Å²) >= 11 is 0. The van der Waals surface area contributed by atoms with Gasteiger partial charge in [-0.3, -0.25) is 9.13 Å². The molecule has 0 unspecified atom stereocenters. The topological polar surface area (TPSA) is 72.2 Å². The third-order valence-corrected chi connectivity index (χ3v) is 6.68. The van der Waals surface area contributed by atoms with Gasteiger partial charge in [0.1, 0.15) is 5.82 Å². The number of aromatic nitrogens is 3. The number of imidazole rings is 1. The summed E-state index contributed by atoms with van der Waals surface area (Å²) in [7, 11) is 0. The molecule has 5 rings (SSSR count). The quantitative estimate of drug-likeness (QED) is 0.677. The van der Waals surface area contributed by atoms with Crippen LogP contribution in [0.25, 0.3) is 11.2 Å². The number of hydrogen-bond donors (Lipinski definition) is 1. The Morgan fingerprint density at radius 2 is 1.97 bits per heavy atom. The highest BCUT2D eigenvalue weighted by atomic mass is 19.1. The normalized spacial score (nSPS) is 19.5. The number of amides is 2. The molecule has 1 aliphatic carbocycles. The summed E-state index contributed by atoms with van der Waals surface area (Å²) in [5.74, 6) is -0.325. The second-order valence-corrected chi connectivity index (χ2v) is 8.89. The van der Waals surface area contributed by atoms with Gasteiger partial charge in [-0.1, -0.05) is 25.0 Å². The highest BCUT2D eigenvalue weighted by Crippen LogP contribution is 2.25. The highest BCUT2D eigenvalue weighted by molar-refractivity contribution is 5.75. The first-order chi connectivity index (χ1) is 15.6. The first-order valence-electron chi connectivity index (χ1n) is 11.5. The predicted molar refractivity (Wildman–Crippen MR) is 120 cm³/mol. The first kappa shape index (κ1) is 20.7. The molecule has 2 aliphatic rings. The molecule has 0 spiro atoms. The number of halogens is 1. The van der Waals surface area contributed by atoms with Gasteiger partial charge in [0.2, 0.25) is 0 Å². The van der Waals surface area contributed by atoms with E-state index in [4.69, 9.17) is 0 Å². The SMILES string of the molecule is O=C(NC1CCCC1)N1CCC[C@H](n2c(=O)n(Cc3cccc(F)c3)c3cccnc32)C1. The molecule has 3 aromatic rings. The molecule has 1 atom stereocenters. The number of hydrogen-bond acceptors (Lipinski definition) is 3. The zero-order valence-electron chi connectivity index (χ0n) is 18.0. The number of urea groups is 1. The van der Waals surface area contributed by atoms with E-state index in [2.05, 4.69) is 10.3 Å². The van der Waals surface area contributed by atoms with Crippen LogP contribution in [0.3, 0.4) is 0 Å². The van der Waals surface area contributed by atoms with Crippen LogP contribution in [0.2, 0.25) is 0 Å². The Labute approximate surface area is 185 Å². The Hall–Kier alpha value is -3.16. The first-order valence-corrected chi connectivity index (χ1v) is 11.5. The molecule has 7 nitrogen and oxygen atoms in total. The van der Waals surface area contributed by atoms with Crippen molar-refractivity contribution in [3.8, 4) is 0 Å². The van der Waals surface area contributed by atoms with E-state index in [1.807, 2.05) is 17.0 Å². The largest absolute Gasteiger partial charge is 0.335 e. The second-order valence-electron chi connectivity index (χ2n) is 8.89. The monoisotopic (exact) mass is 437 g/mol. The minimum atomic E-state index is -0.325. The van der Waals surface area contributed by atoms with Gasteiger partial charge in [0.25, 0.3) is 0 Å². The molecule has 8 heteroatoms.